The van der Waals surface area contributed by atoms with E-state index in [2.05, 4.69) is 9.89 Å². The van der Waals surface area contributed by atoms with Gasteiger partial charge in [0.05, 0.1) is 25.1 Å². The molecule has 0 N–H and O–H groups in total. The van der Waals surface area contributed by atoms with E-state index in [0.717, 1.165) is 0 Å². The van der Waals surface area contributed by atoms with Crippen molar-refractivity contribution in [3.05, 3.63) is 18.0 Å². The first kappa shape index (κ1) is 12.4. The van der Waals surface area contributed by atoms with Crippen molar-refractivity contribution in [2.75, 3.05) is 7.11 Å². The summed E-state index contributed by atoms with van der Waals surface area (Å²) in [5.41, 5.74) is -0.800. The molecule has 1 heterocycles. The molecule has 0 saturated heterocycles. The molecule has 0 aliphatic heterocycles. The molecule has 0 aromatic carbocycles. The summed E-state index contributed by atoms with van der Waals surface area (Å²) in [7, 11) is 1.31. The van der Waals surface area contributed by atoms with Gasteiger partial charge in [-0.3, -0.25) is 9.59 Å². The first-order valence-corrected chi connectivity index (χ1v) is 4.95. The average Bonchev–Trinajstić information content (AvgIpc) is 2.67. The van der Waals surface area contributed by atoms with Crippen molar-refractivity contribution in [3.63, 3.8) is 0 Å². The number of nitrogens with zero attached hydrogens (tertiary/aromatic N) is 1. The third kappa shape index (κ3) is 3.18. The molecule has 1 aromatic heterocycles. The fraction of sp³-hybridized carbons (Fsp3) is 0.545. The Balaban J connectivity index is 2.54. The highest BCUT2D eigenvalue weighted by Gasteiger charge is 2.31. The smallest absolute Gasteiger partial charge is 0.311 e. The van der Waals surface area contributed by atoms with E-state index >= 15 is 0 Å². The molecule has 0 atom stereocenters. The van der Waals surface area contributed by atoms with Gasteiger partial charge in [-0.15, -0.1) is 0 Å². The van der Waals surface area contributed by atoms with Crippen LogP contribution in [0.3, 0.4) is 0 Å². The molecule has 1 rings (SSSR count). The minimum absolute atomic E-state index is 0.0767. The fourth-order valence-corrected chi connectivity index (χ4v) is 1.43. The number of hydrogen-bond donors (Lipinski definition) is 0. The second kappa shape index (κ2) is 4.92. The van der Waals surface area contributed by atoms with Gasteiger partial charge in [0, 0.05) is 12.5 Å². The molecule has 5 nitrogen and oxygen atoms in total. The Kier molecular flexibility index (Phi) is 3.82. The van der Waals surface area contributed by atoms with Gasteiger partial charge in [-0.25, -0.2) is 0 Å². The minimum Gasteiger partial charge on any atom is -0.469 e. The maximum atomic E-state index is 11.7. The van der Waals surface area contributed by atoms with Crippen molar-refractivity contribution in [2.24, 2.45) is 5.41 Å². The number of ether oxygens (including phenoxy) is 1. The fourth-order valence-electron chi connectivity index (χ4n) is 1.43. The summed E-state index contributed by atoms with van der Waals surface area (Å²) in [6.45, 7) is 3.36. The molecule has 0 unspecified atom stereocenters. The summed E-state index contributed by atoms with van der Waals surface area (Å²) < 4.78 is 9.44. The van der Waals surface area contributed by atoms with Crippen molar-refractivity contribution in [1.82, 2.24) is 5.16 Å². The van der Waals surface area contributed by atoms with Crippen LogP contribution in [0.25, 0.3) is 0 Å². The maximum absolute atomic E-state index is 11.7. The molecule has 0 aliphatic rings. The SMILES string of the molecule is COC(=O)C(C)(C)CC(=O)Cc1ccno1. The van der Waals surface area contributed by atoms with E-state index in [1.54, 1.807) is 19.9 Å². The summed E-state index contributed by atoms with van der Waals surface area (Å²) in [4.78, 5) is 23.0. The van der Waals surface area contributed by atoms with Crippen molar-refractivity contribution in [3.8, 4) is 0 Å². The van der Waals surface area contributed by atoms with E-state index in [1.165, 1.54) is 13.3 Å². The summed E-state index contributed by atoms with van der Waals surface area (Å²) >= 11 is 0. The van der Waals surface area contributed by atoms with E-state index in [9.17, 15) is 9.59 Å². The number of aromatic nitrogens is 1. The molecule has 0 radical (unpaired) electrons. The van der Waals surface area contributed by atoms with Gasteiger partial charge in [0.2, 0.25) is 0 Å². The van der Waals surface area contributed by atoms with Gasteiger partial charge >= 0.3 is 5.97 Å². The molecule has 16 heavy (non-hydrogen) atoms. The largest absolute Gasteiger partial charge is 0.469 e. The quantitative estimate of drug-likeness (QED) is 0.708. The molecule has 0 fully saturated rings. The number of ketones is 1. The van der Waals surface area contributed by atoms with Crippen molar-refractivity contribution in [1.29, 1.82) is 0 Å². The lowest BCUT2D eigenvalue weighted by Crippen LogP contribution is -2.29. The Morgan fingerprint density at radius 3 is 2.69 bits per heavy atom. The normalized spacial score (nSPS) is 11.2. The van der Waals surface area contributed by atoms with Crippen LogP contribution in [0.1, 0.15) is 26.0 Å². The van der Waals surface area contributed by atoms with E-state index in [1.807, 2.05) is 0 Å². The van der Waals surface area contributed by atoms with E-state index in [0.29, 0.717) is 5.76 Å². The van der Waals surface area contributed by atoms with Crippen LogP contribution >= 0.6 is 0 Å². The third-order valence-electron chi connectivity index (χ3n) is 2.24. The second-order valence-electron chi connectivity index (χ2n) is 4.25. The van der Waals surface area contributed by atoms with Gasteiger partial charge in [-0.2, -0.15) is 0 Å². The minimum atomic E-state index is -0.800. The molecule has 0 aliphatic carbocycles. The first-order chi connectivity index (χ1) is 7.45. The lowest BCUT2D eigenvalue weighted by atomic mass is 9.86. The van der Waals surface area contributed by atoms with Crippen molar-refractivity contribution >= 4 is 11.8 Å². The predicted octanol–water partition coefficient (Wildman–Crippen LogP) is 1.38. The topological polar surface area (TPSA) is 69.4 Å². The average molecular weight is 225 g/mol. The van der Waals surface area contributed by atoms with E-state index in [4.69, 9.17) is 4.52 Å². The monoisotopic (exact) mass is 225 g/mol. The Morgan fingerprint density at radius 2 is 2.19 bits per heavy atom. The Bertz CT molecular complexity index is 367. The van der Waals surface area contributed by atoms with Gasteiger partial charge in [0.15, 0.2) is 0 Å². The maximum Gasteiger partial charge on any atom is 0.311 e. The number of methoxy groups -OCH3 is 1. The molecule has 5 heteroatoms. The lowest BCUT2D eigenvalue weighted by molar-refractivity contribution is -0.152. The second-order valence-corrected chi connectivity index (χ2v) is 4.25. The van der Waals surface area contributed by atoms with Crippen LogP contribution in [0.5, 0.6) is 0 Å². The number of rotatable bonds is 5. The highest BCUT2D eigenvalue weighted by atomic mass is 16.5. The predicted molar refractivity (Wildman–Crippen MR) is 55.6 cm³/mol. The number of esters is 1. The van der Waals surface area contributed by atoms with E-state index < -0.39 is 11.4 Å². The molecule has 0 saturated carbocycles. The van der Waals surface area contributed by atoms with E-state index in [-0.39, 0.29) is 18.6 Å². The molecule has 0 spiro atoms. The zero-order chi connectivity index (χ0) is 12.2. The van der Waals surface area contributed by atoms with Crippen LogP contribution in [-0.2, 0) is 20.7 Å². The highest BCUT2D eigenvalue weighted by molar-refractivity contribution is 5.87. The van der Waals surface area contributed by atoms with Crippen molar-refractivity contribution in [2.45, 2.75) is 26.7 Å². The van der Waals surface area contributed by atoms with Gasteiger partial charge in [-0.05, 0) is 13.8 Å². The van der Waals surface area contributed by atoms with Crippen LogP contribution in [0, 0.1) is 5.41 Å². The molecular weight excluding hydrogens is 210 g/mol. The summed E-state index contributed by atoms with van der Waals surface area (Å²) in [6, 6.07) is 1.63. The van der Waals surface area contributed by atoms with Crippen LogP contribution < -0.4 is 0 Å². The van der Waals surface area contributed by atoms with Crippen LogP contribution in [0.2, 0.25) is 0 Å². The van der Waals surface area contributed by atoms with Crippen LogP contribution in [-0.4, -0.2) is 24.0 Å². The highest BCUT2D eigenvalue weighted by Crippen LogP contribution is 2.23. The summed E-state index contributed by atoms with van der Waals surface area (Å²) in [6.07, 6.45) is 1.76. The number of carbonyl (C=O) groups is 2. The van der Waals surface area contributed by atoms with Gasteiger partial charge in [0.1, 0.15) is 11.5 Å². The molecule has 0 amide bonds. The Hall–Kier alpha value is -1.65. The van der Waals surface area contributed by atoms with Gasteiger partial charge < -0.3 is 9.26 Å². The zero-order valence-corrected chi connectivity index (χ0v) is 9.65. The summed E-state index contributed by atoms with van der Waals surface area (Å²) in [5.74, 6) is 0.0382. The first-order valence-electron chi connectivity index (χ1n) is 4.95. The number of carbonyl (C=O) groups excluding carboxylic acids is 2. The molecule has 1 aromatic rings. The Morgan fingerprint density at radius 1 is 1.50 bits per heavy atom. The molecule has 0 bridgehead atoms. The number of Topliss-reactive ketones (excluding diaryl/α,β-unsaturated/α-hetero) is 1. The zero-order valence-electron chi connectivity index (χ0n) is 9.65. The Labute approximate surface area is 93.8 Å². The molecule has 88 valence electrons. The standard InChI is InChI=1S/C11H15NO4/c1-11(2,10(14)15-3)7-8(13)6-9-4-5-12-16-9/h4-5H,6-7H2,1-3H3. The van der Waals surface area contributed by atoms with Gasteiger partial charge in [-0.1, -0.05) is 5.16 Å². The third-order valence-corrected chi connectivity index (χ3v) is 2.24. The summed E-state index contributed by atoms with van der Waals surface area (Å²) in [5, 5.41) is 3.50. The lowest BCUT2D eigenvalue weighted by Gasteiger charge is -2.19. The number of hydrogen-bond acceptors (Lipinski definition) is 5. The molecular formula is C11H15NO4. The van der Waals surface area contributed by atoms with Crippen LogP contribution in [0.4, 0.5) is 0 Å². The van der Waals surface area contributed by atoms with Gasteiger partial charge in [0.25, 0.3) is 0 Å². The van der Waals surface area contributed by atoms with Crippen molar-refractivity contribution < 1.29 is 18.8 Å². The van der Waals surface area contributed by atoms with Crippen LogP contribution in [0.15, 0.2) is 16.8 Å².